The lowest BCUT2D eigenvalue weighted by atomic mass is 9.47. The number of carbonyl (C=O) groups excluding carboxylic acids is 1. The molecule has 6 atom stereocenters. The summed E-state index contributed by atoms with van der Waals surface area (Å²) < 4.78 is 2.28. The van der Waals surface area contributed by atoms with Crippen molar-refractivity contribution >= 4 is 11.6 Å². The van der Waals surface area contributed by atoms with Crippen LogP contribution in [0.1, 0.15) is 75.0 Å². The number of hydrogen-bond acceptors (Lipinski definition) is 4. The molecule has 1 N–H and O–H groups in total. The van der Waals surface area contributed by atoms with Crippen LogP contribution in [0.25, 0.3) is 5.70 Å². The molecule has 2 saturated carbocycles. The van der Waals surface area contributed by atoms with Gasteiger partial charge in [-0.3, -0.25) is 4.79 Å². The van der Waals surface area contributed by atoms with Crippen LogP contribution in [0.4, 0.5) is 0 Å². The van der Waals surface area contributed by atoms with Crippen molar-refractivity contribution in [3.05, 3.63) is 60.2 Å². The molecule has 0 spiro atoms. The summed E-state index contributed by atoms with van der Waals surface area (Å²) in [6.45, 7) is 7.09. The van der Waals surface area contributed by atoms with Crippen LogP contribution in [0.5, 0.6) is 0 Å². The first-order valence-electron chi connectivity index (χ1n) is 12.9. The van der Waals surface area contributed by atoms with Crippen LogP contribution < -0.4 is 5.32 Å². The Morgan fingerprint density at radius 3 is 2.71 bits per heavy atom. The lowest BCUT2D eigenvalue weighted by molar-refractivity contribution is -0.0137. The van der Waals surface area contributed by atoms with Gasteiger partial charge in [-0.05, 0) is 81.1 Å². The van der Waals surface area contributed by atoms with Gasteiger partial charge in [0.25, 0.3) is 5.91 Å². The average molecular weight is 458 g/mol. The third-order valence-electron chi connectivity index (χ3n) is 9.78. The van der Waals surface area contributed by atoms with Crippen molar-refractivity contribution in [2.75, 3.05) is 0 Å². The molecule has 2 aromatic rings. The molecule has 2 fully saturated rings. The Bertz CT molecular complexity index is 1170. The highest BCUT2D eigenvalue weighted by Crippen LogP contribution is 2.65. The monoisotopic (exact) mass is 457 g/mol. The number of imidazole rings is 1. The molecule has 0 aliphatic heterocycles. The Labute approximate surface area is 202 Å². The Kier molecular flexibility index (Phi) is 5.05. The van der Waals surface area contributed by atoms with Crippen molar-refractivity contribution in [2.45, 2.75) is 71.8 Å². The summed E-state index contributed by atoms with van der Waals surface area (Å²) in [6, 6.07) is 1.87. The molecule has 2 heterocycles. The van der Waals surface area contributed by atoms with Crippen LogP contribution in [0.2, 0.25) is 0 Å². The number of aryl methyl sites for hydroxylation is 1. The first kappa shape index (κ1) is 21.8. The molecular formula is C28H35N5O. The predicted molar refractivity (Wildman–Crippen MR) is 132 cm³/mol. The van der Waals surface area contributed by atoms with Crippen molar-refractivity contribution < 1.29 is 4.79 Å². The third-order valence-corrected chi connectivity index (χ3v) is 9.78. The molecule has 6 heteroatoms. The Hall–Kier alpha value is -2.76. The van der Waals surface area contributed by atoms with Gasteiger partial charge in [-0.15, -0.1) is 0 Å². The zero-order valence-corrected chi connectivity index (χ0v) is 20.5. The van der Waals surface area contributed by atoms with Gasteiger partial charge in [0.2, 0.25) is 0 Å². The lowest BCUT2D eigenvalue weighted by Gasteiger charge is -2.58. The summed E-state index contributed by atoms with van der Waals surface area (Å²) in [5, 5.41) is 3.24. The molecule has 3 unspecified atom stereocenters. The number of carbonyl (C=O) groups is 1. The minimum atomic E-state index is -0.0852. The Balaban J connectivity index is 1.20. The number of aromatic nitrogens is 4. The second-order valence-corrected chi connectivity index (χ2v) is 11.5. The van der Waals surface area contributed by atoms with Crippen LogP contribution in [0.3, 0.4) is 0 Å². The fourth-order valence-electron chi connectivity index (χ4n) is 7.97. The predicted octanol–water partition coefficient (Wildman–Crippen LogP) is 5.19. The summed E-state index contributed by atoms with van der Waals surface area (Å²) in [4.78, 5) is 25.2. The second kappa shape index (κ2) is 7.89. The Morgan fingerprint density at radius 1 is 1.09 bits per heavy atom. The maximum absolute atomic E-state index is 12.7. The lowest BCUT2D eigenvalue weighted by Crippen LogP contribution is -2.51. The maximum Gasteiger partial charge on any atom is 0.270 e. The number of amides is 1. The van der Waals surface area contributed by atoms with E-state index in [-0.39, 0.29) is 22.8 Å². The zero-order valence-electron chi connectivity index (χ0n) is 20.5. The molecule has 6 rings (SSSR count). The molecule has 0 bridgehead atoms. The van der Waals surface area contributed by atoms with Crippen molar-refractivity contribution in [2.24, 2.45) is 28.6 Å². The van der Waals surface area contributed by atoms with E-state index in [1.54, 1.807) is 17.8 Å². The van der Waals surface area contributed by atoms with Crippen molar-refractivity contribution in [3.8, 4) is 0 Å². The summed E-state index contributed by atoms with van der Waals surface area (Å²) in [5.74, 6) is 2.09. The van der Waals surface area contributed by atoms with Crippen molar-refractivity contribution in [3.63, 3.8) is 0 Å². The van der Waals surface area contributed by atoms with E-state index in [1.165, 1.54) is 37.7 Å². The largest absolute Gasteiger partial charge is 0.348 e. The minimum Gasteiger partial charge on any atom is -0.348 e. The molecule has 6 nitrogen and oxygen atoms in total. The number of nitrogens with zero attached hydrogens (tertiary/aromatic N) is 4. The molecule has 0 aromatic carbocycles. The topological polar surface area (TPSA) is 72.7 Å². The molecule has 4 aliphatic carbocycles. The van der Waals surface area contributed by atoms with Crippen LogP contribution >= 0.6 is 0 Å². The fourth-order valence-corrected chi connectivity index (χ4v) is 7.97. The van der Waals surface area contributed by atoms with E-state index in [9.17, 15) is 4.79 Å². The number of rotatable bonds is 3. The molecule has 0 radical (unpaired) electrons. The number of hydrogen-bond donors (Lipinski definition) is 1. The maximum atomic E-state index is 12.7. The molecule has 34 heavy (non-hydrogen) atoms. The molecule has 2 aromatic heterocycles. The van der Waals surface area contributed by atoms with E-state index in [0.29, 0.717) is 11.6 Å². The molecule has 0 saturated heterocycles. The number of allylic oxidation sites excluding steroid dienone is 3. The highest BCUT2D eigenvalue weighted by Gasteiger charge is 2.57. The van der Waals surface area contributed by atoms with Gasteiger partial charge in [-0.2, -0.15) is 0 Å². The first-order chi connectivity index (χ1) is 16.4. The van der Waals surface area contributed by atoms with Gasteiger partial charge in [-0.25, -0.2) is 15.0 Å². The van der Waals surface area contributed by atoms with Crippen molar-refractivity contribution in [1.29, 1.82) is 0 Å². The van der Waals surface area contributed by atoms with Crippen LogP contribution in [-0.2, 0) is 0 Å². The number of fused-ring (bicyclic) bond motifs is 5. The van der Waals surface area contributed by atoms with E-state index in [0.717, 1.165) is 36.8 Å². The average Bonchev–Trinajstić information content (AvgIpc) is 3.42. The van der Waals surface area contributed by atoms with E-state index < -0.39 is 0 Å². The summed E-state index contributed by atoms with van der Waals surface area (Å²) >= 11 is 0. The fraction of sp³-hybridized carbons (Fsp3) is 0.571. The van der Waals surface area contributed by atoms with Crippen LogP contribution in [0, 0.1) is 35.5 Å². The minimum absolute atomic E-state index is 0.0852. The summed E-state index contributed by atoms with van der Waals surface area (Å²) in [7, 11) is 0. The highest BCUT2D eigenvalue weighted by atomic mass is 16.1. The van der Waals surface area contributed by atoms with E-state index in [1.807, 2.05) is 6.33 Å². The third kappa shape index (κ3) is 3.29. The zero-order chi connectivity index (χ0) is 23.5. The molecule has 4 aliphatic rings. The van der Waals surface area contributed by atoms with Gasteiger partial charge in [0.1, 0.15) is 12.0 Å². The standard InChI is InChI=1S/C28H35N5O/c1-18-15-33(17-31-18)25-7-6-22-21-5-4-19-14-20(32-26(34)24-10-13-29-16-30-24)8-11-27(19,2)23(21)9-12-28(22,25)3/h4,7,10,13,15-17,20-23H,5-6,8-9,11-12,14H2,1-3H3,(H,32,34)/t20-,21?,22?,23?,27-,28-/m0/s1. The van der Waals surface area contributed by atoms with Crippen LogP contribution in [-0.4, -0.2) is 31.5 Å². The Morgan fingerprint density at radius 2 is 1.94 bits per heavy atom. The summed E-state index contributed by atoms with van der Waals surface area (Å²) in [6.07, 6.45) is 20.3. The van der Waals surface area contributed by atoms with Gasteiger partial charge in [-0.1, -0.05) is 31.6 Å². The number of nitrogens with one attached hydrogen (secondary N) is 1. The quantitative estimate of drug-likeness (QED) is 0.644. The second-order valence-electron chi connectivity index (χ2n) is 11.5. The van der Waals surface area contributed by atoms with Crippen molar-refractivity contribution in [1.82, 2.24) is 24.8 Å². The first-order valence-corrected chi connectivity index (χ1v) is 12.9. The summed E-state index contributed by atoms with van der Waals surface area (Å²) in [5.41, 5.74) is 5.07. The molecule has 178 valence electrons. The van der Waals surface area contributed by atoms with Gasteiger partial charge in [0.05, 0.1) is 12.0 Å². The van der Waals surface area contributed by atoms with E-state index in [2.05, 4.69) is 64.0 Å². The van der Waals surface area contributed by atoms with Gasteiger partial charge < -0.3 is 9.88 Å². The SMILES string of the molecule is Cc1cn(C2=CCC3C4CC=C5C[C@@H](NC(=O)c6ccncn6)CC[C@]5(C)C4CC[C@]23C)cn1. The van der Waals surface area contributed by atoms with Gasteiger partial charge >= 0.3 is 0 Å². The van der Waals surface area contributed by atoms with Crippen LogP contribution in [0.15, 0.2) is 48.8 Å². The van der Waals surface area contributed by atoms with Gasteiger partial charge in [0.15, 0.2) is 0 Å². The van der Waals surface area contributed by atoms with Gasteiger partial charge in [0, 0.05) is 29.5 Å². The smallest absolute Gasteiger partial charge is 0.270 e. The van der Waals surface area contributed by atoms with E-state index in [4.69, 9.17) is 0 Å². The normalized spacial score (nSPS) is 36.6. The highest BCUT2D eigenvalue weighted by molar-refractivity contribution is 5.92. The van der Waals surface area contributed by atoms with E-state index >= 15 is 0 Å². The molecular weight excluding hydrogens is 422 g/mol. The molecule has 1 amide bonds.